The first kappa shape index (κ1) is 14.7. The lowest BCUT2D eigenvalue weighted by atomic mass is 9.49. The van der Waals surface area contributed by atoms with E-state index in [4.69, 9.17) is 4.74 Å². The minimum Gasteiger partial charge on any atom is -0.460 e. The summed E-state index contributed by atoms with van der Waals surface area (Å²) in [4.78, 5) is 23.4. The van der Waals surface area contributed by atoms with Crippen LogP contribution in [-0.4, -0.2) is 10.9 Å². The maximum absolute atomic E-state index is 12.8. The van der Waals surface area contributed by atoms with Gasteiger partial charge in [0.15, 0.2) is 0 Å². The van der Waals surface area contributed by atoms with Crippen LogP contribution >= 0.6 is 0 Å². The molecule has 1 aromatic rings. The van der Waals surface area contributed by atoms with Crippen LogP contribution < -0.4 is 0 Å². The number of nitro groups is 1. The predicted octanol–water partition coefficient (Wildman–Crippen LogP) is 3.85. The third kappa shape index (κ3) is 2.52. The Morgan fingerprint density at radius 2 is 1.70 bits per heavy atom. The van der Waals surface area contributed by atoms with Crippen molar-refractivity contribution in [2.45, 2.75) is 45.1 Å². The highest BCUT2D eigenvalue weighted by Crippen LogP contribution is 2.60. The monoisotopic (exact) mass is 315 g/mol. The molecule has 0 aliphatic heterocycles. The summed E-state index contributed by atoms with van der Waals surface area (Å²) in [5, 5.41) is 11.1. The van der Waals surface area contributed by atoms with Crippen LogP contribution in [0.25, 0.3) is 0 Å². The van der Waals surface area contributed by atoms with E-state index in [0.717, 1.165) is 19.3 Å². The molecule has 0 N–H and O–H groups in total. The molecule has 0 saturated heterocycles. The highest BCUT2D eigenvalue weighted by Gasteiger charge is 2.55. The summed E-state index contributed by atoms with van der Waals surface area (Å²) >= 11 is 0. The molecular formula is C18H21NO4. The van der Waals surface area contributed by atoms with Crippen molar-refractivity contribution in [3.8, 4) is 0 Å². The fraction of sp³-hybridized carbons (Fsp3) is 0.611. The third-order valence-electron chi connectivity index (χ3n) is 6.02. The van der Waals surface area contributed by atoms with Crippen molar-refractivity contribution in [3.05, 3.63) is 39.9 Å². The zero-order chi connectivity index (χ0) is 16.0. The van der Waals surface area contributed by atoms with Gasteiger partial charge in [0.05, 0.1) is 15.9 Å². The van der Waals surface area contributed by atoms with Gasteiger partial charge in [-0.15, -0.1) is 0 Å². The zero-order valence-electron chi connectivity index (χ0n) is 13.1. The summed E-state index contributed by atoms with van der Waals surface area (Å²) in [6.07, 6.45) is 6.68. The van der Waals surface area contributed by atoms with Crippen molar-refractivity contribution in [2.75, 3.05) is 0 Å². The van der Waals surface area contributed by atoms with Gasteiger partial charge >= 0.3 is 5.97 Å². The molecule has 122 valence electrons. The van der Waals surface area contributed by atoms with Gasteiger partial charge in [-0.25, -0.2) is 0 Å². The van der Waals surface area contributed by atoms with Crippen LogP contribution in [0.3, 0.4) is 0 Å². The van der Waals surface area contributed by atoms with Gasteiger partial charge in [0.25, 0.3) is 5.69 Å². The first-order valence-corrected chi connectivity index (χ1v) is 8.45. The average Bonchev–Trinajstić information content (AvgIpc) is 2.51. The molecule has 0 radical (unpaired) electrons. The van der Waals surface area contributed by atoms with Crippen LogP contribution in [0.5, 0.6) is 0 Å². The standard InChI is InChI=1S/C18H21NO4/c20-17(23-11-15-3-1-2-4-16(15)19(21)22)18-8-12-5-13(9-18)7-14(6-12)10-18/h1-4,12-14H,5-11H2. The topological polar surface area (TPSA) is 69.4 Å². The Balaban J connectivity index is 1.48. The molecule has 5 rings (SSSR count). The smallest absolute Gasteiger partial charge is 0.312 e. The number of para-hydroxylation sites is 1. The number of benzene rings is 1. The van der Waals surface area contributed by atoms with Crippen molar-refractivity contribution in [1.29, 1.82) is 0 Å². The first-order chi connectivity index (χ1) is 11.1. The summed E-state index contributed by atoms with van der Waals surface area (Å²) in [6, 6.07) is 6.47. The second-order valence-electron chi connectivity index (χ2n) is 7.66. The minimum atomic E-state index is -0.423. The highest BCUT2D eigenvalue weighted by atomic mass is 16.6. The Morgan fingerprint density at radius 3 is 2.26 bits per heavy atom. The molecule has 0 atom stereocenters. The molecule has 5 heteroatoms. The molecule has 1 aromatic carbocycles. The lowest BCUT2D eigenvalue weighted by Crippen LogP contribution is -2.50. The molecule has 5 nitrogen and oxygen atoms in total. The van der Waals surface area contributed by atoms with E-state index >= 15 is 0 Å². The molecule has 0 amide bonds. The Labute approximate surface area is 135 Å². The number of ether oxygens (including phenoxy) is 1. The molecule has 23 heavy (non-hydrogen) atoms. The number of carbonyl (C=O) groups excluding carboxylic acids is 1. The van der Waals surface area contributed by atoms with Gasteiger partial charge in [0.2, 0.25) is 0 Å². The van der Waals surface area contributed by atoms with Crippen molar-refractivity contribution >= 4 is 11.7 Å². The Morgan fingerprint density at radius 1 is 1.13 bits per heavy atom. The van der Waals surface area contributed by atoms with E-state index in [0.29, 0.717) is 23.3 Å². The van der Waals surface area contributed by atoms with E-state index in [-0.39, 0.29) is 23.7 Å². The number of hydrogen-bond donors (Lipinski definition) is 0. The number of esters is 1. The fourth-order valence-corrected chi connectivity index (χ4v) is 5.47. The van der Waals surface area contributed by atoms with Gasteiger partial charge in [-0.2, -0.15) is 0 Å². The molecule has 0 unspecified atom stereocenters. The SMILES string of the molecule is O=C(OCc1ccccc1[N+](=O)[O-])C12CC3CC(CC(C3)C1)C2. The quantitative estimate of drug-likeness (QED) is 0.480. The molecule has 4 fully saturated rings. The summed E-state index contributed by atoms with van der Waals surface area (Å²) in [6.45, 7) is -0.00225. The lowest BCUT2D eigenvalue weighted by Gasteiger charge is -2.55. The van der Waals surface area contributed by atoms with Gasteiger partial charge < -0.3 is 4.74 Å². The maximum atomic E-state index is 12.8. The third-order valence-corrected chi connectivity index (χ3v) is 6.02. The molecular weight excluding hydrogens is 294 g/mol. The Hall–Kier alpha value is -1.91. The highest BCUT2D eigenvalue weighted by molar-refractivity contribution is 5.77. The normalized spacial score (nSPS) is 34.3. The summed E-state index contributed by atoms with van der Waals surface area (Å²) in [5.41, 5.74) is 0.180. The van der Waals surface area contributed by atoms with Crippen LogP contribution in [-0.2, 0) is 16.1 Å². The van der Waals surface area contributed by atoms with Gasteiger partial charge in [-0.1, -0.05) is 12.1 Å². The van der Waals surface area contributed by atoms with Gasteiger partial charge in [0, 0.05) is 6.07 Å². The Kier molecular flexibility index (Phi) is 3.39. The minimum absolute atomic E-state index is 0.00225. The fourth-order valence-electron chi connectivity index (χ4n) is 5.47. The van der Waals surface area contributed by atoms with E-state index in [1.165, 1.54) is 25.3 Å². The second kappa shape index (κ2) is 5.32. The van der Waals surface area contributed by atoms with Gasteiger partial charge in [-0.05, 0) is 62.3 Å². The summed E-state index contributed by atoms with van der Waals surface area (Å²) < 4.78 is 5.56. The molecule has 4 bridgehead atoms. The zero-order valence-corrected chi connectivity index (χ0v) is 13.1. The predicted molar refractivity (Wildman–Crippen MR) is 83.5 cm³/mol. The van der Waals surface area contributed by atoms with Crippen molar-refractivity contribution in [3.63, 3.8) is 0 Å². The van der Waals surface area contributed by atoms with E-state index in [9.17, 15) is 14.9 Å². The summed E-state index contributed by atoms with van der Waals surface area (Å²) in [5.74, 6) is 1.91. The van der Waals surface area contributed by atoms with Crippen molar-refractivity contribution < 1.29 is 14.5 Å². The molecule has 4 aliphatic carbocycles. The second-order valence-corrected chi connectivity index (χ2v) is 7.66. The largest absolute Gasteiger partial charge is 0.460 e. The van der Waals surface area contributed by atoms with Crippen molar-refractivity contribution in [1.82, 2.24) is 0 Å². The van der Waals surface area contributed by atoms with Crippen LogP contribution in [0.1, 0.15) is 44.1 Å². The first-order valence-electron chi connectivity index (χ1n) is 8.45. The number of nitrogens with zero attached hydrogens (tertiary/aromatic N) is 1. The van der Waals surface area contributed by atoms with E-state index in [1.807, 2.05) is 0 Å². The summed E-state index contributed by atoms with van der Waals surface area (Å²) in [7, 11) is 0. The maximum Gasteiger partial charge on any atom is 0.312 e. The molecule has 0 aromatic heterocycles. The van der Waals surface area contributed by atoms with E-state index in [2.05, 4.69) is 0 Å². The van der Waals surface area contributed by atoms with Crippen LogP contribution in [0.4, 0.5) is 5.69 Å². The number of rotatable bonds is 4. The molecule has 0 heterocycles. The van der Waals surface area contributed by atoms with E-state index in [1.54, 1.807) is 18.2 Å². The van der Waals surface area contributed by atoms with Gasteiger partial charge in [-0.3, -0.25) is 14.9 Å². The number of hydrogen-bond acceptors (Lipinski definition) is 4. The molecule has 0 spiro atoms. The molecule has 4 saturated carbocycles. The number of nitro benzene ring substituents is 1. The number of carbonyl (C=O) groups is 1. The van der Waals surface area contributed by atoms with Crippen molar-refractivity contribution in [2.24, 2.45) is 23.2 Å². The average molecular weight is 315 g/mol. The van der Waals surface area contributed by atoms with E-state index < -0.39 is 4.92 Å². The molecule has 4 aliphatic rings. The van der Waals surface area contributed by atoms with Crippen LogP contribution in [0.2, 0.25) is 0 Å². The van der Waals surface area contributed by atoms with Crippen LogP contribution in [0.15, 0.2) is 24.3 Å². The van der Waals surface area contributed by atoms with Gasteiger partial charge in [0.1, 0.15) is 6.61 Å². The van der Waals surface area contributed by atoms with Crippen LogP contribution in [0, 0.1) is 33.3 Å². The Bertz CT molecular complexity index is 619. The lowest BCUT2D eigenvalue weighted by molar-refractivity contribution is -0.385.